The van der Waals surface area contributed by atoms with E-state index in [1.54, 1.807) is 36.4 Å². The zero-order chi connectivity index (χ0) is 27.4. The molecule has 3 aromatic carbocycles. The van der Waals surface area contributed by atoms with E-state index in [9.17, 15) is 14.7 Å². The van der Waals surface area contributed by atoms with Gasteiger partial charge in [-0.25, -0.2) is 0 Å². The van der Waals surface area contributed by atoms with Crippen molar-refractivity contribution in [3.63, 3.8) is 0 Å². The molecule has 8 nitrogen and oxygen atoms in total. The van der Waals surface area contributed by atoms with Crippen molar-refractivity contribution in [2.24, 2.45) is 0 Å². The molecular weight excluding hydrogens is 484 g/mol. The third-order valence-electron chi connectivity index (χ3n) is 6.42. The predicted octanol–water partition coefficient (Wildman–Crippen LogP) is 5.18. The number of ketones is 1. The molecule has 198 valence electrons. The minimum atomic E-state index is -0.909. The number of nitrogens with zero attached hydrogens (tertiary/aromatic N) is 2. The molecule has 1 N–H and O–H groups in total. The van der Waals surface area contributed by atoms with Crippen molar-refractivity contribution < 1.29 is 28.9 Å². The van der Waals surface area contributed by atoms with Gasteiger partial charge >= 0.3 is 0 Å². The monoisotopic (exact) mass is 516 g/mol. The largest absolute Gasteiger partial charge is 0.507 e. The van der Waals surface area contributed by atoms with Gasteiger partial charge < -0.3 is 24.2 Å². The first-order chi connectivity index (χ1) is 18.3. The van der Waals surface area contributed by atoms with Crippen molar-refractivity contribution in [2.75, 3.05) is 44.7 Å². The molecule has 1 aliphatic heterocycles. The SMILES string of the molecule is CCCOc1ccccc1N1C(=O)C(=O)/C(=C(/O)c2cc(OC)ccc2OC)C1c1ccc(N(C)C)cc1. The summed E-state index contributed by atoms with van der Waals surface area (Å²) in [7, 11) is 6.83. The van der Waals surface area contributed by atoms with Crippen LogP contribution in [0.3, 0.4) is 0 Å². The lowest BCUT2D eigenvalue weighted by Gasteiger charge is -2.27. The second-order valence-corrected chi connectivity index (χ2v) is 9.04. The number of benzene rings is 3. The van der Waals surface area contributed by atoms with E-state index in [0.29, 0.717) is 35.1 Å². The van der Waals surface area contributed by atoms with Crippen LogP contribution in [0.1, 0.15) is 30.5 Å². The molecule has 1 amide bonds. The Kier molecular flexibility index (Phi) is 7.90. The van der Waals surface area contributed by atoms with Crippen LogP contribution in [-0.2, 0) is 9.59 Å². The average Bonchev–Trinajstić information content (AvgIpc) is 3.21. The second kappa shape index (κ2) is 11.3. The summed E-state index contributed by atoms with van der Waals surface area (Å²) in [5, 5.41) is 11.6. The van der Waals surface area contributed by atoms with Gasteiger partial charge in [-0.1, -0.05) is 31.2 Å². The molecular formula is C30H32N2O6. The summed E-state index contributed by atoms with van der Waals surface area (Å²) in [5.74, 6) is -0.642. The molecule has 1 fully saturated rings. The van der Waals surface area contributed by atoms with E-state index in [-0.39, 0.29) is 16.9 Å². The lowest BCUT2D eigenvalue weighted by atomic mass is 9.94. The minimum absolute atomic E-state index is 0.0514. The number of hydrogen-bond donors (Lipinski definition) is 1. The summed E-state index contributed by atoms with van der Waals surface area (Å²) < 4.78 is 16.7. The molecule has 0 bridgehead atoms. The van der Waals surface area contributed by atoms with Crippen LogP contribution < -0.4 is 24.0 Å². The number of aliphatic hydroxyl groups excluding tert-OH is 1. The zero-order valence-electron chi connectivity index (χ0n) is 22.2. The van der Waals surface area contributed by atoms with Crippen LogP contribution in [-0.4, -0.2) is 51.7 Å². The second-order valence-electron chi connectivity index (χ2n) is 9.04. The van der Waals surface area contributed by atoms with Crippen LogP contribution in [0, 0.1) is 0 Å². The molecule has 0 radical (unpaired) electrons. The van der Waals surface area contributed by atoms with Crippen LogP contribution in [0.4, 0.5) is 11.4 Å². The van der Waals surface area contributed by atoms with Gasteiger partial charge in [-0.2, -0.15) is 0 Å². The molecule has 0 aliphatic carbocycles. The highest BCUT2D eigenvalue weighted by Gasteiger charge is 2.48. The van der Waals surface area contributed by atoms with E-state index in [2.05, 4.69) is 0 Å². The van der Waals surface area contributed by atoms with E-state index >= 15 is 0 Å². The smallest absolute Gasteiger partial charge is 0.300 e. The fourth-order valence-electron chi connectivity index (χ4n) is 4.49. The standard InChI is InChI=1S/C30H32N2O6/c1-6-17-38-25-10-8-7-9-23(25)32-27(19-11-13-20(14-12-19)31(2)3)26(29(34)30(32)35)28(33)22-18-21(36-4)15-16-24(22)37-5/h7-16,18,27,33H,6,17H2,1-5H3/b28-26+. The number of ether oxygens (including phenoxy) is 3. The van der Waals surface area contributed by atoms with Gasteiger partial charge in [0.2, 0.25) is 0 Å². The number of hydrogen-bond acceptors (Lipinski definition) is 7. The topological polar surface area (TPSA) is 88.5 Å². The number of para-hydroxylation sites is 2. The highest BCUT2D eigenvalue weighted by Crippen LogP contribution is 2.46. The Balaban J connectivity index is 1.97. The summed E-state index contributed by atoms with van der Waals surface area (Å²) in [6.45, 7) is 2.44. The van der Waals surface area contributed by atoms with Gasteiger partial charge in [-0.05, 0) is 54.4 Å². The molecule has 4 rings (SSSR count). The quantitative estimate of drug-likeness (QED) is 0.238. The van der Waals surface area contributed by atoms with Crippen LogP contribution in [0.15, 0.2) is 72.3 Å². The van der Waals surface area contributed by atoms with E-state index in [1.807, 2.05) is 56.3 Å². The Morgan fingerprint density at radius 3 is 2.29 bits per heavy atom. The van der Waals surface area contributed by atoms with Crippen molar-refractivity contribution in [1.29, 1.82) is 0 Å². The first kappa shape index (κ1) is 26.6. The molecule has 0 spiro atoms. The van der Waals surface area contributed by atoms with Gasteiger partial charge in [-0.15, -0.1) is 0 Å². The predicted molar refractivity (Wildman–Crippen MR) is 147 cm³/mol. The summed E-state index contributed by atoms with van der Waals surface area (Å²) in [6, 6.07) is 18.6. The molecule has 1 unspecified atom stereocenters. The van der Waals surface area contributed by atoms with Crippen LogP contribution in [0.2, 0.25) is 0 Å². The first-order valence-electron chi connectivity index (χ1n) is 12.3. The van der Waals surface area contributed by atoms with Gasteiger partial charge in [0.05, 0.1) is 43.7 Å². The highest BCUT2D eigenvalue weighted by atomic mass is 16.5. The Bertz CT molecular complexity index is 1360. The Morgan fingerprint density at radius 1 is 0.947 bits per heavy atom. The van der Waals surface area contributed by atoms with Gasteiger partial charge in [-0.3, -0.25) is 14.5 Å². The molecule has 1 saturated heterocycles. The van der Waals surface area contributed by atoms with Crippen molar-refractivity contribution in [3.8, 4) is 17.2 Å². The number of methoxy groups -OCH3 is 2. The lowest BCUT2D eigenvalue weighted by Crippen LogP contribution is -2.30. The molecule has 8 heteroatoms. The lowest BCUT2D eigenvalue weighted by molar-refractivity contribution is -0.132. The maximum absolute atomic E-state index is 13.6. The number of aliphatic hydroxyl groups is 1. The Morgan fingerprint density at radius 2 is 1.66 bits per heavy atom. The van der Waals surface area contributed by atoms with E-state index in [0.717, 1.165) is 12.1 Å². The zero-order valence-corrected chi connectivity index (χ0v) is 22.2. The highest BCUT2D eigenvalue weighted by molar-refractivity contribution is 6.52. The summed E-state index contributed by atoms with van der Waals surface area (Å²) in [4.78, 5) is 30.6. The van der Waals surface area contributed by atoms with Crippen molar-refractivity contribution in [3.05, 3.63) is 83.4 Å². The number of amides is 1. The minimum Gasteiger partial charge on any atom is -0.507 e. The number of carbonyl (C=O) groups is 2. The fourth-order valence-corrected chi connectivity index (χ4v) is 4.49. The normalized spacial score (nSPS) is 16.4. The van der Waals surface area contributed by atoms with Crippen molar-refractivity contribution in [1.82, 2.24) is 0 Å². The fraction of sp³-hybridized carbons (Fsp3) is 0.267. The molecule has 38 heavy (non-hydrogen) atoms. The van der Waals surface area contributed by atoms with E-state index in [4.69, 9.17) is 14.2 Å². The molecule has 0 aromatic heterocycles. The van der Waals surface area contributed by atoms with Crippen molar-refractivity contribution in [2.45, 2.75) is 19.4 Å². The number of Topliss-reactive ketones (excluding diaryl/α,β-unsaturated/α-hetero) is 1. The van der Waals surface area contributed by atoms with Crippen LogP contribution in [0.5, 0.6) is 17.2 Å². The number of rotatable bonds is 9. The Labute approximate surface area is 222 Å². The third kappa shape index (κ3) is 4.89. The Hall–Kier alpha value is -4.46. The third-order valence-corrected chi connectivity index (χ3v) is 6.42. The van der Waals surface area contributed by atoms with Crippen molar-refractivity contribution >= 4 is 28.8 Å². The average molecular weight is 517 g/mol. The van der Waals surface area contributed by atoms with Crippen LogP contribution in [0.25, 0.3) is 5.76 Å². The molecule has 1 atom stereocenters. The number of carbonyl (C=O) groups excluding carboxylic acids is 2. The molecule has 0 saturated carbocycles. The maximum atomic E-state index is 13.6. The summed E-state index contributed by atoms with van der Waals surface area (Å²) in [6.07, 6.45) is 0.776. The first-order valence-corrected chi connectivity index (χ1v) is 12.3. The molecule has 3 aromatic rings. The number of anilines is 2. The van der Waals surface area contributed by atoms with Gasteiger partial charge in [0.1, 0.15) is 23.0 Å². The van der Waals surface area contributed by atoms with E-state index < -0.39 is 17.7 Å². The molecule has 1 aliphatic rings. The summed E-state index contributed by atoms with van der Waals surface area (Å²) >= 11 is 0. The molecule has 1 heterocycles. The maximum Gasteiger partial charge on any atom is 0.300 e. The van der Waals surface area contributed by atoms with Gasteiger partial charge in [0.15, 0.2) is 0 Å². The van der Waals surface area contributed by atoms with Gasteiger partial charge in [0, 0.05) is 19.8 Å². The van der Waals surface area contributed by atoms with Gasteiger partial charge in [0.25, 0.3) is 11.7 Å². The van der Waals surface area contributed by atoms with E-state index in [1.165, 1.54) is 19.1 Å². The van der Waals surface area contributed by atoms with Crippen LogP contribution >= 0.6 is 0 Å². The summed E-state index contributed by atoms with van der Waals surface area (Å²) in [5.41, 5.74) is 2.25.